The van der Waals surface area contributed by atoms with E-state index in [0.29, 0.717) is 6.04 Å². The van der Waals surface area contributed by atoms with Crippen molar-refractivity contribution in [1.29, 1.82) is 0 Å². The summed E-state index contributed by atoms with van der Waals surface area (Å²) in [6.45, 7) is 0.108. The normalized spacial score (nSPS) is 17.2. The summed E-state index contributed by atoms with van der Waals surface area (Å²) in [6.07, 6.45) is 5.37. The van der Waals surface area contributed by atoms with Crippen LogP contribution in [0.3, 0.4) is 0 Å². The second-order valence-electron chi connectivity index (χ2n) is 5.54. The third-order valence-electron chi connectivity index (χ3n) is 4.18. The van der Waals surface area contributed by atoms with Crippen LogP contribution in [-0.4, -0.2) is 5.11 Å². The van der Waals surface area contributed by atoms with E-state index in [-0.39, 0.29) is 6.61 Å². The van der Waals surface area contributed by atoms with E-state index in [9.17, 15) is 0 Å². The van der Waals surface area contributed by atoms with E-state index in [1.54, 1.807) is 0 Å². The van der Waals surface area contributed by atoms with Gasteiger partial charge in [0.2, 0.25) is 0 Å². The molecular formula is C17H21NOS. The summed E-state index contributed by atoms with van der Waals surface area (Å²) < 4.78 is 0. The average molecular weight is 287 g/mol. The van der Waals surface area contributed by atoms with Crippen LogP contribution in [0.5, 0.6) is 0 Å². The molecule has 1 aromatic heterocycles. The third-order valence-corrected chi connectivity index (χ3v) is 5.14. The van der Waals surface area contributed by atoms with Crippen molar-refractivity contribution in [2.75, 3.05) is 5.32 Å². The molecule has 20 heavy (non-hydrogen) atoms. The molecule has 0 amide bonds. The zero-order valence-electron chi connectivity index (χ0n) is 11.6. The van der Waals surface area contributed by atoms with Gasteiger partial charge < -0.3 is 10.4 Å². The Morgan fingerprint density at radius 3 is 2.50 bits per heavy atom. The van der Waals surface area contributed by atoms with Crippen LogP contribution in [-0.2, 0) is 6.61 Å². The Labute approximate surface area is 124 Å². The first-order valence-electron chi connectivity index (χ1n) is 7.36. The van der Waals surface area contributed by atoms with Crippen LogP contribution in [0.15, 0.2) is 41.8 Å². The molecule has 3 rings (SSSR count). The first-order valence-corrected chi connectivity index (χ1v) is 8.24. The first-order chi connectivity index (χ1) is 9.86. The molecule has 1 aromatic carbocycles. The van der Waals surface area contributed by atoms with Gasteiger partial charge in [-0.15, -0.1) is 11.3 Å². The molecule has 0 spiro atoms. The van der Waals surface area contributed by atoms with Crippen LogP contribution >= 0.6 is 11.3 Å². The predicted octanol–water partition coefficient (Wildman–Crippen LogP) is 4.58. The molecule has 1 aliphatic rings. The summed E-state index contributed by atoms with van der Waals surface area (Å²) in [5.41, 5.74) is 2.11. The fourth-order valence-electron chi connectivity index (χ4n) is 3.07. The van der Waals surface area contributed by atoms with Crippen molar-refractivity contribution in [2.45, 2.75) is 38.3 Å². The van der Waals surface area contributed by atoms with E-state index in [1.165, 1.54) is 30.6 Å². The molecule has 1 aliphatic carbocycles. The van der Waals surface area contributed by atoms with Gasteiger partial charge in [0.15, 0.2) is 0 Å². The molecule has 1 saturated carbocycles. The van der Waals surface area contributed by atoms with Crippen LogP contribution in [0, 0.1) is 5.92 Å². The predicted molar refractivity (Wildman–Crippen MR) is 85.0 cm³/mol. The Hall–Kier alpha value is -1.32. The molecule has 2 aromatic rings. The molecule has 1 heterocycles. The molecule has 2 N–H and O–H groups in total. The van der Waals surface area contributed by atoms with E-state index in [1.807, 2.05) is 23.5 Å². The third kappa shape index (κ3) is 3.05. The monoisotopic (exact) mass is 287 g/mol. The van der Waals surface area contributed by atoms with Crippen LogP contribution in [0.1, 0.15) is 42.2 Å². The van der Waals surface area contributed by atoms with Crippen LogP contribution in [0.25, 0.3) is 0 Å². The molecule has 0 bridgehead atoms. The standard InChI is InChI=1S/C17H21NOS/c19-12-13-7-9-15(10-8-13)18-17(14-4-1-2-5-14)16-6-3-11-20-16/h3,6-11,14,17-19H,1-2,4-5,12H2. The van der Waals surface area contributed by atoms with Crippen molar-refractivity contribution >= 4 is 17.0 Å². The highest BCUT2D eigenvalue weighted by atomic mass is 32.1. The van der Waals surface area contributed by atoms with Crippen molar-refractivity contribution in [3.05, 3.63) is 52.2 Å². The average Bonchev–Trinajstić information content (AvgIpc) is 3.19. The molecule has 1 fully saturated rings. The van der Waals surface area contributed by atoms with Crippen molar-refractivity contribution in [3.63, 3.8) is 0 Å². The number of thiophene rings is 1. The van der Waals surface area contributed by atoms with Gasteiger partial charge in [0, 0.05) is 10.6 Å². The number of aliphatic hydroxyl groups is 1. The van der Waals surface area contributed by atoms with E-state index < -0.39 is 0 Å². The highest BCUT2D eigenvalue weighted by molar-refractivity contribution is 7.10. The topological polar surface area (TPSA) is 32.3 Å². The van der Waals surface area contributed by atoms with Crippen molar-refractivity contribution < 1.29 is 5.11 Å². The number of aliphatic hydroxyl groups excluding tert-OH is 1. The molecule has 1 atom stereocenters. The molecule has 0 aliphatic heterocycles. The Kier molecular flexibility index (Phi) is 4.38. The van der Waals surface area contributed by atoms with Gasteiger partial charge in [-0.05, 0) is 47.9 Å². The zero-order valence-corrected chi connectivity index (χ0v) is 12.4. The SMILES string of the molecule is OCc1ccc(NC(c2cccs2)C2CCCC2)cc1. The lowest BCUT2D eigenvalue weighted by atomic mass is 9.96. The molecule has 0 saturated heterocycles. The van der Waals surface area contributed by atoms with Gasteiger partial charge in [0.25, 0.3) is 0 Å². The van der Waals surface area contributed by atoms with E-state index >= 15 is 0 Å². The number of rotatable bonds is 5. The number of hydrogen-bond donors (Lipinski definition) is 2. The molecule has 0 radical (unpaired) electrons. The van der Waals surface area contributed by atoms with E-state index in [0.717, 1.165) is 17.2 Å². The summed E-state index contributed by atoms with van der Waals surface area (Å²) in [5, 5.41) is 15.0. The van der Waals surface area contributed by atoms with E-state index in [2.05, 4.69) is 35.0 Å². The van der Waals surface area contributed by atoms with Gasteiger partial charge in [-0.1, -0.05) is 31.0 Å². The summed E-state index contributed by atoms with van der Waals surface area (Å²) in [6, 6.07) is 12.9. The van der Waals surface area contributed by atoms with Gasteiger partial charge in [0.05, 0.1) is 12.6 Å². The van der Waals surface area contributed by atoms with Crippen LogP contribution in [0.4, 0.5) is 5.69 Å². The minimum Gasteiger partial charge on any atom is -0.392 e. The number of benzene rings is 1. The lowest BCUT2D eigenvalue weighted by molar-refractivity contribution is 0.282. The van der Waals surface area contributed by atoms with Gasteiger partial charge in [-0.25, -0.2) is 0 Å². The largest absolute Gasteiger partial charge is 0.392 e. The van der Waals surface area contributed by atoms with Gasteiger partial charge in [0.1, 0.15) is 0 Å². The second kappa shape index (κ2) is 6.42. The lowest BCUT2D eigenvalue weighted by Gasteiger charge is -2.25. The number of nitrogens with one attached hydrogen (secondary N) is 1. The first kappa shape index (κ1) is 13.7. The van der Waals surface area contributed by atoms with E-state index in [4.69, 9.17) is 5.11 Å². The number of hydrogen-bond acceptors (Lipinski definition) is 3. The second-order valence-corrected chi connectivity index (χ2v) is 6.52. The molecule has 1 unspecified atom stereocenters. The smallest absolute Gasteiger partial charge is 0.0681 e. The zero-order chi connectivity index (χ0) is 13.8. The minimum atomic E-state index is 0.108. The van der Waals surface area contributed by atoms with Gasteiger partial charge in [-0.3, -0.25) is 0 Å². The van der Waals surface area contributed by atoms with Crippen molar-refractivity contribution in [1.82, 2.24) is 0 Å². The fraction of sp³-hybridized carbons (Fsp3) is 0.412. The Bertz CT molecular complexity index is 514. The fourth-order valence-corrected chi connectivity index (χ4v) is 3.94. The van der Waals surface area contributed by atoms with Crippen molar-refractivity contribution in [2.24, 2.45) is 5.92 Å². The van der Waals surface area contributed by atoms with Crippen LogP contribution < -0.4 is 5.32 Å². The maximum Gasteiger partial charge on any atom is 0.0681 e. The summed E-state index contributed by atoms with van der Waals surface area (Å²) >= 11 is 1.84. The molecular weight excluding hydrogens is 266 g/mol. The highest BCUT2D eigenvalue weighted by Gasteiger charge is 2.26. The van der Waals surface area contributed by atoms with Crippen LogP contribution in [0.2, 0.25) is 0 Å². The molecule has 2 nitrogen and oxygen atoms in total. The highest BCUT2D eigenvalue weighted by Crippen LogP contribution is 2.39. The molecule has 3 heteroatoms. The Morgan fingerprint density at radius 2 is 1.90 bits per heavy atom. The van der Waals surface area contributed by atoms with Crippen molar-refractivity contribution in [3.8, 4) is 0 Å². The summed E-state index contributed by atoms with van der Waals surface area (Å²) in [7, 11) is 0. The minimum absolute atomic E-state index is 0.108. The number of anilines is 1. The lowest BCUT2D eigenvalue weighted by Crippen LogP contribution is -2.17. The maximum atomic E-state index is 9.11. The quantitative estimate of drug-likeness (QED) is 0.843. The molecule has 106 valence electrons. The Balaban J connectivity index is 1.78. The van der Waals surface area contributed by atoms with Gasteiger partial charge >= 0.3 is 0 Å². The maximum absolute atomic E-state index is 9.11. The Morgan fingerprint density at radius 1 is 1.15 bits per heavy atom. The van der Waals surface area contributed by atoms with Gasteiger partial charge in [-0.2, -0.15) is 0 Å². The summed E-state index contributed by atoms with van der Waals surface area (Å²) in [4.78, 5) is 1.43. The summed E-state index contributed by atoms with van der Waals surface area (Å²) in [5.74, 6) is 0.742.